The maximum atomic E-state index is 4.16. The molecular formula is C11H21BSSi. The van der Waals surface area contributed by atoms with E-state index in [0.29, 0.717) is 0 Å². The fourth-order valence-electron chi connectivity index (χ4n) is 2.56. The number of hydrogen-bond acceptors (Lipinski definition) is 1. The molecule has 0 aromatic carbocycles. The minimum atomic E-state index is -1.20. The molecule has 1 aliphatic rings. The van der Waals surface area contributed by atoms with Crippen LogP contribution in [0.5, 0.6) is 0 Å². The lowest BCUT2D eigenvalue weighted by molar-refractivity contribution is 1.16. The number of allylic oxidation sites excluding steroid dienone is 3. The van der Waals surface area contributed by atoms with Crippen molar-refractivity contribution in [3.63, 3.8) is 0 Å². The van der Waals surface area contributed by atoms with E-state index in [0.717, 1.165) is 5.99 Å². The average molecular weight is 224 g/mol. The van der Waals surface area contributed by atoms with Gasteiger partial charge in [0.1, 0.15) is 7.22 Å². The first-order valence-electron chi connectivity index (χ1n) is 5.51. The zero-order chi connectivity index (χ0) is 10.9. The number of hydrogen-bond donors (Lipinski definition) is 0. The molecule has 0 aliphatic carbocycles. The molecule has 1 heterocycles. The standard InChI is InChI=1S/C11H21BSSi/c1-7-10-11(9(3)4)14(5,6)13-12(10)8-2/h3,7-8H2,1-2,4-6H3. The maximum Gasteiger partial charge on any atom is 0.230 e. The van der Waals surface area contributed by atoms with Gasteiger partial charge in [-0.05, 0) is 13.3 Å². The highest BCUT2D eigenvalue weighted by Gasteiger charge is 2.41. The van der Waals surface area contributed by atoms with E-state index in [1.165, 1.54) is 18.3 Å². The first-order valence-corrected chi connectivity index (χ1v) is 10.1. The normalized spacial score (nSPS) is 20.5. The Morgan fingerprint density at radius 1 is 1.43 bits per heavy atom. The summed E-state index contributed by atoms with van der Waals surface area (Å²) in [5.41, 5.74) is 3.02. The summed E-state index contributed by atoms with van der Waals surface area (Å²) in [6.07, 6.45) is 2.49. The highest BCUT2D eigenvalue weighted by atomic mass is 32.4. The fraction of sp³-hybridized carbons (Fsp3) is 0.636. The lowest BCUT2D eigenvalue weighted by Crippen LogP contribution is -2.22. The lowest BCUT2D eigenvalue weighted by atomic mass is 9.63. The van der Waals surface area contributed by atoms with Crippen molar-refractivity contribution in [3.05, 3.63) is 22.8 Å². The quantitative estimate of drug-likeness (QED) is 0.644. The molecule has 14 heavy (non-hydrogen) atoms. The topological polar surface area (TPSA) is 0 Å². The third-order valence-corrected chi connectivity index (χ3v) is 9.60. The van der Waals surface area contributed by atoms with Crippen molar-refractivity contribution >= 4 is 24.3 Å². The molecule has 0 saturated carbocycles. The molecule has 0 nitrogen and oxygen atoms in total. The van der Waals surface area contributed by atoms with Gasteiger partial charge in [0.2, 0.25) is 5.99 Å². The maximum absolute atomic E-state index is 4.16. The van der Waals surface area contributed by atoms with Crippen LogP contribution in [-0.4, -0.2) is 13.2 Å². The SMILES string of the molecule is C=C(C)C1=C(CC)B(CC)S[Si]1(C)C. The molecule has 0 amide bonds. The molecular weight excluding hydrogens is 203 g/mol. The zero-order valence-corrected chi connectivity index (χ0v) is 11.9. The van der Waals surface area contributed by atoms with E-state index in [9.17, 15) is 0 Å². The predicted octanol–water partition coefficient (Wildman–Crippen LogP) is 4.31. The second-order valence-corrected chi connectivity index (χ2v) is 12.7. The van der Waals surface area contributed by atoms with Crippen LogP contribution in [0.1, 0.15) is 27.2 Å². The summed E-state index contributed by atoms with van der Waals surface area (Å²) in [5, 5.41) is 1.66. The Hall–Kier alpha value is 0.112. The van der Waals surface area contributed by atoms with Crippen LogP contribution in [0.4, 0.5) is 0 Å². The van der Waals surface area contributed by atoms with Crippen molar-refractivity contribution < 1.29 is 0 Å². The van der Waals surface area contributed by atoms with Gasteiger partial charge in [0.05, 0.1) is 0 Å². The Labute approximate surface area is 93.9 Å². The Morgan fingerprint density at radius 2 is 2.00 bits per heavy atom. The van der Waals surface area contributed by atoms with Crippen LogP contribution in [0.2, 0.25) is 19.4 Å². The van der Waals surface area contributed by atoms with Crippen molar-refractivity contribution in [1.82, 2.24) is 0 Å². The lowest BCUT2D eigenvalue weighted by Gasteiger charge is -2.20. The van der Waals surface area contributed by atoms with E-state index in [1.54, 1.807) is 10.7 Å². The smallest absolute Gasteiger partial charge is 0.220 e. The molecule has 3 heteroatoms. The van der Waals surface area contributed by atoms with Gasteiger partial charge in [-0.2, -0.15) is 0 Å². The monoisotopic (exact) mass is 224 g/mol. The van der Waals surface area contributed by atoms with Crippen LogP contribution < -0.4 is 0 Å². The van der Waals surface area contributed by atoms with Gasteiger partial charge in [-0.25, -0.2) is 11.1 Å². The van der Waals surface area contributed by atoms with E-state index >= 15 is 0 Å². The molecule has 0 aromatic heterocycles. The van der Waals surface area contributed by atoms with Gasteiger partial charge in [-0.15, -0.1) is 0 Å². The largest absolute Gasteiger partial charge is 0.230 e. The minimum Gasteiger partial charge on any atom is -0.220 e. The summed E-state index contributed by atoms with van der Waals surface area (Å²) in [5.74, 6) is 0.786. The van der Waals surface area contributed by atoms with Gasteiger partial charge in [0.15, 0.2) is 0 Å². The Kier molecular flexibility index (Phi) is 3.76. The van der Waals surface area contributed by atoms with Crippen molar-refractivity contribution in [1.29, 1.82) is 0 Å². The Morgan fingerprint density at radius 3 is 2.36 bits per heavy atom. The molecule has 0 bridgehead atoms. The Balaban J connectivity index is 3.16. The highest BCUT2D eigenvalue weighted by Crippen LogP contribution is 2.46. The third kappa shape index (κ3) is 2.03. The fourth-order valence-corrected chi connectivity index (χ4v) is 10.6. The molecule has 1 aliphatic heterocycles. The summed E-state index contributed by atoms with van der Waals surface area (Å²) in [6.45, 7) is 15.9. The van der Waals surface area contributed by atoms with Crippen LogP contribution in [0.3, 0.4) is 0 Å². The summed E-state index contributed by atoms with van der Waals surface area (Å²) < 4.78 is 0. The molecule has 0 N–H and O–H groups in total. The second kappa shape index (κ2) is 4.32. The van der Waals surface area contributed by atoms with Gasteiger partial charge in [0.25, 0.3) is 0 Å². The van der Waals surface area contributed by atoms with Gasteiger partial charge < -0.3 is 0 Å². The van der Waals surface area contributed by atoms with Crippen molar-refractivity contribution in [3.8, 4) is 0 Å². The molecule has 0 fully saturated rings. The van der Waals surface area contributed by atoms with Crippen LogP contribution in [0.15, 0.2) is 22.8 Å². The zero-order valence-electron chi connectivity index (χ0n) is 10.1. The van der Waals surface area contributed by atoms with Crippen LogP contribution >= 0.6 is 11.1 Å². The minimum absolute atomic E-state index is 0.786. The highest BCUT2D eigenvalue weighted by molar-refractivity contribution is 8.49. The van der Waals surface area contributed by atoms with E-state index in [1.807, 2.05) is 0 Å². The summed E-state index contributed by atoms with van der Waals surface area (Å²) in [6, 6.07) is 0. The first-order chi connectivity index (χ1) is 6.44. The van der Waals surface area contributed by atoms with Crippen molar-refractivity contribution in [2.24, 2.45) is 0 Å². The molecule has 0 radical (unpaired) electrons. The van der Waals surface area contributed by atoms with Crippen LogP contribution in [-0.2, 0) is 0 Å². The van der Waals surface area contributed by atoms with Gasteiger partial charge in [0, 0.05) is 0 Å². The van der Waals surface area contributed by atoms with Gasteiger partial charge in [-0.3, -0.25) is 0 Å². The van der Waals surface area contributed by atoms with Crippen LogP contribution in [0, 0.1) is 0 Å². The van der Waals surface area contributed by atoms with Gasteiger partial charge in [-0.1, -0.05) is 56.1 Å². The van der Waals surface area contributed by atoms with Crippen molar-refractivity contribution in [2.45, 2.75) is 46.6 Å². The molecule has 1 rings (SSSR count). The van der Waals surface area contributed by atoms with E-state index in [2.05, 4.69) is 51.5 Å². The van der Waals surface area contributed by atoms with Gasteiger partial charge >= 0.3 is 0 Å². The average Bonchev–Trinajstić information content (AvgIpc) is 2.35. The molecule has 78 valence electrons. The van der Waals surface area contributed by atoms with Crippen LogP contribution in [0.25, 0.3) is 0 Å². The Bertz CT molecular complexity index is 281. The van der Waals surface area contributed by atoms with Crippen molar-refractivity contribution in [2.75, 3.05) is 0 Å². The van der Waals surface area contributed by atoms with E-state index < -0.39 is 7.22 Å². The molecule has 0 unspecified atom stereocenters. The third-order valence-electron chi connectivity index (χ3n) is 2.93. The molecule has 0 aromatic rings. The summed E-state index contributed by atoms with van der Waals surface area (Å²) >= 11 is 2.24. The summed E-state index contributed by atoms with van der Waals surface area (Å²) in [7, 11) is -1.20. The molecule has 0 spiro atoms. The molecule has 0 saturated heterocycles. The molecule has 0 atom stereocenters. The van der Waals surface area contributed by atoms with E-state index in [-0.39, 0.29) is 0 Å². The predicted molar refractivity (Wildman–Crippen MR) is 73.4 cm³/mol. The first kappa shape index (κ1) is 12.2. The summed E-state index contributed by atoms with van der Waals surface area (Å²) in [4.78, 5) is 0. The van der Waals surface area contributed by atoms with E-state index in [4.69, 9.17) is 0 Å². The second-order valence-electron chi connectivity index (χ2n) is 4.56. The number of rotatable bonds is 3.